The third-order valence-electron chi connectivity index (χ3n) is 2.79. The minimum atomic E-state index is 0. The fourth-order valence-corrected chi connectivity index (χ4v) is 1.97. The topological polar surface area (TPSA) is 23.1 Å². The molecule has 0 amide bonds. The molecule has 74 valence electrons. The van der Waals surface area contributed by atoms with Gasteiger partial charge in [-0.25, -0.2) is 0 Å². The Bertz CT molecular complexity index is 330. The summed E-state index contributed by atoms with van der Waals surface area (Å²) in [6, 6.07) is 10.3. The van der Waals surface area contributed by atoms with Crippen LogP contribution in [-0.2, 0) is 6.42 Å². The number of rotatable bonds is 2. The average Bonchev–Trinajstić information content (AvgIpc) is 2.23. The zero-order valence-corrected chi connectivity index (χ0v) is 9.33. The molecule has 1 aliphatic carbocycles. The van der Waals surface area contributed by atoms with Crippen LogP contribution in [0.2, 0.25) is 0 Å². The Kier molecular flexibility index (Phi) is 5.01. The van der Waals surface area contributed by atoms with E-state index in [1.165, 1.54) is 12.0 Å². The normalized spacial score (nSPS) is 16.0. The minimum absolute atomic E-state index is 0. The summed E-state index contributed by atoms with van der Waals surface area (Å²) < 4.78 is 0. The number of allylic oxidation sites excluding steroid dienone is 2. The molecular weight excluding hydrogens is 179 g/mol. The van der Waals surface area contributed by atoms with Crippen molar-refractivity contribution in [3.05, 3.63) is 47.2 Å². The molecule has 2 heteroatoms. The van der Waals surface area contributed by atoms with E-state index >= 15 is 0 Å². The third kappa shape index (κ3) is 3.45. The molecule has 0 saturated heterocycles. The summed E-state index contributed by atoms with van der Waals surface area (Å²) in [6.45, 7) is 0. The first-order valence-corrected chi connectivity index (χ1v) is 5.28. The molecule has 2 rings (SSSR count). The Balaban J connectivity index is 0.00000112. The summed E-state index contributed by atoms with van der Waals surface area (Å²) in [5, 5.41) is 11.6. The monoisotopic (exact) mass is 194 g/mol. The molecule has 0 heterocycles. The molecule has 0 aromatic heterocycles. The number of hydrogen-bond acceptors (Lipinski definition) is 1. The zero-order valence-electron chi connectivity index (χ0n) is 9.33. The number of benzene rings is 1. The van der Waals surface area contributed by atoms with Crippen LogP contribution in [0.25, 0.3) is 0 Å². The van der Waals surface area contributed by atoms with E-state index in [-0.39, 0.29) is 18.9 Å². The molecule has 1 aliphatic rings. The van der Waals surface area contributed by atoms with Gasteiger partial charge in [-0.2, -0.15) is 0 Å². The second-order valence-corrected chi connectivity index (χ2v) is 3.90. The molecule has 1 aromatic rings. The standard InChI is InChI=1S/C13H16O.Li/c14-13-9-5-4-8-12(13)10-11-6-2-1-3-7-11;/h1-3,6-7,14H,4-5,8-10H2;/q;+1/p-1. The van der Waals surface area contributed by atoms with E-state index in [0.717, 1.165) is 31.3 Å². The van der Waals surface area contributed by atoms with Crippen LogP contribution < -0.4 is 24.0 Å². The van der Waals surface area contributed by atoms with Gasteiger partial charge < -0.3 is 5.11 Å². The first-order valence-electron chi connectivity index (χ1n) is 5.28. The van der Waals surface area contributed by atoms with Gasteiger partial charge in [-0.1, -0.05) is 42.3 Å². The molecule has 0 unspecified atom stereocenters. The molecule has 0 N–H and O–H groups in total. The Labute approximate surface area is 103 Å². The predicted molar refractivity (Wildman–Crippen MR) is 55.6 cm³/mol. The maximum Gasteiger partial charge on any atom is 1.00 e. The minimum Gasteiger partial charge on any atom is -0.875 e. The van der Waals surface area contributed by atoms with Crippen molar-refractivity contribution in [2.45, 2.75) is 32.1 Å². The molecule has 0 spiro atoms. The Morgan fingerprint density at radius 2 is 1.67 bits per heavy atom. The van der Waals surface area contributed by atoms with Crippen LogP contribution in [0.3, 0.4) is 0 Å². The summed E-state index contributed by atoms with van der Waals surface area (Å²) in [7, 11) is 0. The van der Waals surface area contributed by atoms with E-state index in [9.17, 15) is 5.11 Å². The van der Waals surface area contributed by atoms with Crippen molar-refractivity contribution in [3.8, 4) is 0 Å². The first-order chi connectivity index (χ1) is 6.86. The van der Waals surface area contributed by atoms with Crippen molar-refractivity contribution in [1.82, 2.24) is 0 Å². The second kappa shape index (κ2) is 6.05. The van der Waals surface area contributed by atoms with Crippen LogP contribution in [0.15, 0.2) is 41.7 Å². The van der Waals surface area contributed by atoms with Crippen LogP contribution in [-0.4, -0.2) is 0 Å². The second-order valence-electron chi connectivity index (χ2n) is 3.90. The van der Waals surface area contributed by atoms with Gasteiger partial charge in [-0.15, -0.1) is 5.76 Å². The van der Waals surface area contributed by atoms with Crippen molar-refractivity contribution in [3.63, 3.8) is 0 Å². The van der Waals surface area contributed by atoms with Gasteiger partial charge in [0.05, 0.1) is 0 Å². The van der Waals surface area contributed by atoms with Gasteiger partial charge in [0, 0.05) is 0 Å². The molecule has 1 nitrogen and oxygen atoms in total. The molecule has 0 radical (unpaired) electrons. The average molecular weight is 194 g/mol. The Morgan fingerprint density at radius 1 is 1.00 bits per heavy atom. The Hall–Kier alpha value is -0.643. The molecular formula is C13H15LiO. The van der Waals surface area contributed by atoms with E-state index in [1.807, 2.05) is 18.2 Å². The van der Waals surface area contributed by atoms with Gasteiger partial charge >= 0.3 is 18.9 Å². The van der Waals surface area contributed by atoms with E-state index in [1.54, 1.807) is 0 Å². The SMILES string of the molecule is [Li+].[O-]C1=C(Cc2ccccc2)CCCC1. The van der Waals surface area contributed by atoms with Gasteiger partial charge in [0.25, 0.3) is 0 Å². The molecule has 0 saturated carbocycles. The fraction of sp³-hybridized carbons (Fsp3) is 0.385. The predicted octanol–water partition coefficient (Wildman–Crippen LogP) is -0.579. The maximum atomic E-state index is 11.6. The Morgan fingerprint density at radius 3 is 2.33 bits per heavy atom. The zero-order chi connectivity index (χ0) is 9.80. The van der Waals surface area contributed by atoms with Crippen LogP contribution >= 0.6 is 0 Å². The van der Waals surface area contributed by atoms with Crippen LogP contribution in [0.1, 0.15) is 31.2 Å². The van der Waals surface area contributed by atoms with Gasteiger partial charge in [-0.3, -0.25) is 0 Å². The molecule has 15 heavy (non-hydrogen) atoms. The van der Waals surface area contributed by atoms with Gasteiger partial charge in [0.2, 0.25) is 0 Å². The van der Waals surface area contributed by atoms with Crippen molar-refractivity contribution in [2.24, 2.45) is 0 Å². The molecule has 1 aromatic carbocycles. The van der Waals surface area contributed by atoms with E-state index in [0.29, 0.717) is 5.76 Å². The maximum absolute atomic E-state index is 11.6. The summed E-state index contributed by atoms with van der Waals surface area (Å²) in [4.78, 5) is 0. The van der Waals surface area contributed by atoms with Crippen LogP contribution in [0.5, 0.6) is 0 Å². The summed E-state index contributed by atoms with van der Waals surface area (Å²) >= 11 is 0. The largest absolute Gasteiger partial charge is 1.00 e. The third-order valence-corrected chi connectivity index (χ3v) is 2.79. The van der Waals surface area contributed by atoms with Crippen LogP contribution in [0.4, 0.5) is 0 Å². The van der Waals surface area contributed by atoms with Crippen molar-refractivity contribution in [2.75, 3.05) is 0 Å². The van der Waals surface area contributed by atoms with Crippen molar-refractivity contribution >= 4 is 0 Å². The van der Waals surface area contributed by atoms with Gasteiger partial charge in [0.1, 0.15) is 0 Å². The summed E-state index contributed by atoms with van der Waals surface area (Å²) in [6.07, 6.45) is 4.90. The fourth-order valence-electron chi connectivity index (χ4n) is 1.97. The van der Waals surface area contributed by atoms with Gasteiger partial charge in [0.15, 0.2) is 0 Å². The van der Waals surface area contributed by atoms with E-state index < -0.39 is 0 Å². The molecule has 0 bridgehead atoms. The van der Waals surface area contributed by atoms with E-state index in [2.05, 4.69) is 12.1 Å². The summed E-state index contributed by atoms with van der Waals surface area (Å²) in [5.74, 6) is 0.389. The smallest absolute Gasteiger partial charge is 0.875 e. The quantitative estimate of drug-likeness (QED) is 0.578. The molecule has 0 atom stereocenters. The van der Waals surface area contributed by atoms with Crippen molar-refractivity contribution < 1.29 is 24.0 Å². The molecule has 0 fully saturated rings. The van der Waals surface area contributed by atoms with Crippen LogP contribution in [0, 0.1) is 0 Å². The number of hydrogen-bond donors (Lipinski definition) is 0. The molecule has 0 aliphatic heterocycles. The first kappa shape index (κ1) is 12.4. The van der Waals surface area contributed by atoms with E-state index in [4.69, 9.17) is 0 Å². The summed E-state index contributed by atoms with van der Waals surface area (Å²) in [5.41, 5.74) is 2.39. The van der Waals surface area contributed by atoms with Crippen molar-refractivity contribution in [1.29, 1.82) is 0 Å². The van der Waals surface area contributed by atoms with Gasteiger partial charge in [-0.05, 0) is 31.2 Å².